The van der Waals surface area contributed by atoms with E-state index in [4.69, 9.17) is 10.00 Å². The normalized spacial score (nSPS) is 22.0. The van der Waals surface area contributed by atoms with Crippen molar-refractivity contribution >= 4 is 0 Å². The number of aromatic nitrogens is 4. The summed E-state index contributed by atoms with van der Waals surface area (Å²) in [6.07, 6.45) is 5.49. The molecule has 0 spiro atoms. The summed E-state index contributed by atoms with van der Waals surface area (Å²) in [5.41, 5.74) is 1.76. The van der Waals surface area contributed by atoms with Gasteiger partial charge in [0.15, 0.2) is 0 Å². The molecule has 0 unspecified atom stereocenters. The van der Waals surface area contributed by atoms with Gasteiger partial charge >= 0.3 is 0 Å². The summed E-state index contributed by atoms with van der Waals surface area (Å²) in [6.45, 7) is 2.00. The summed E-state index contributed by atoms with van der Waals surface area (Å²) in [5.74, 6) is 0. The van der Waals surface area contributed by atoms with Crippen molar-refractivity contribution in [1.29, 1.82) is 5.26 Å². The number of hydrogen-bond donors (Lipinski definition) is 1. The van der Waals surface area contributed by atoms with Crippen molar-refractivity contribution in [3.63, 3.8) is 0 Å². The molecule has 3 rings (SSSR count). The van der Waals surface area contributed by atoms with Crippen LogP contribution >= 0.6 is 0 Å². The van der Waals surface area contributed by atoms with Gasteiger partial charge in [0.2, 0.25) is 0 Å². The Kier molecular flexibility index (Phi) is 3.50. The van der Waals surface area contributed by atoms with Gasteiger partial charge in [0.1, 0.15) is 11.8 Å². The molecule has 0 bridgehead atoms. The van der Waals surface area contributed by atoms with Crippen molar-refractivity contribution in [1.82, 2.24) is 24.9 Å². The zero-order valence-corrected chi connectivity index (χ0v) is 11.2. The van der Waals surface area contributed by atoms with Crippen LogP contribution in [0.15, 0.2) is 24.7 Å². The van der Waals surface area contributed by atoms with Gasteiger partial charge in [0.05, 0.1) is 31.5 Å². The lowest BCUT2D eigenvalue weighted by molar-refractivity contribution is 0.181. The Labute approximate surface area is 116 Å². The molecule has 0 saturated carbocycles. The minimum Gasteiger partial charge on any atom is -0.377 e. The minimum absolute atomic E-state index is 0.164. The van der Waals surface area contributed by atoms with Crippen molar-refractivity contribution in [2.75, 3.05) is 13.2 Å². The molecule has 20 heavy (non-hydrogen) atoms. The van der Waals surface area contributed by atoms with Gasteiger partial charge in [-0.25, -0.2) is 4.68 Å². The zero-order valence-electron chi connectivity index (χ0n) is 11.2. The molecule has 2 aromatic rings. The largest absolute Gasteiger partial charge is 0.377 e. The predicted molar refractivity (Wildman–Crippen MR) is 70.6 cm³/mol. The first-order valence-electron chi connectivity index (χ1n) is 6.50. The van der Waals surface area contributed by atoms with Crippen LogP contribution in [0.1, 0.15) is 17.3 Å². The lowest BCUT2D eigenvalue weighted by atomic mass is 10.1. The number of nitriles is 1. The molecular formula is C13H16N6O. The average Bonchev–Trinajstić information content (AvgIpc) is 3.16. The second-order valence-electron chi connectivity index (χ2n) is 4.93. The highest BCUT2D eigenvalue weighted by atomic mass is 16.5. The topological polar surface area (TPSA) is 80.7 Å². The summed E-state index contributed by atoms with van der Waals surface area (Å²) in [7, 11) is 1.87. The van der Waals surface area contributed by atoms with E-state index in [2.05, 4.69) is 21.7 Å². The van der Waals surface area contributed by atoms with Gasteiger partial charge in [-0.15, -0.1) is 5.10 Å². The highest BCUT2D eigenvalue weighted by Crippen LogP contribution is 2.19. The van der Waals surface area contributed by atoms with E-state index in [1.54, 1.807) is 6.20 Å². The van der Waals surface area contributed by atoms with E-state index in [1.807, 2.05) is 34.8 Å². The van der Waals surface area contributed by atoms with Crippen LogP contribution in [-0.4, -0.2) is 38.8 Å². The van der Waals surface area contributed by atoms with Gasteiger partial charge in [-0.1, -0.05) is 5.21 Å². The van der Waals surface area contributed by atoms with Crippen molar-refractivity contribution in [2.45, 2.75) is 18.6 Å². The van der Waals surface area contributed by atoms with Gasteiger partial charge in [0, 0.05) is 26.0 Å². The fraction of sp³-hybridized carbons (Fsp3) is 0.462. The molecule has 1 saturated heterocycles. The summed E-state index contributed by atoms with van der Waals surface area (Å²) in [6, 6.07) is 4.42. The van der Waals surface area contributed by atoms with Crippen LogP contribution in [0, 0.1) is 11.3 Å². The Bertz CT molecular complexity index is 611. The third-order valence-electron chi connectivity index (χ3n) is 3.58. The summed E-state index contributed by atoms with van der Waals surface area (Å²) in [5, 5.41) is 20.3. The van der Waals surface area contributed by atoms with E-state index in [1.165, 1.54) is 0 Å². The van der Waals surface area contributed by atoms with Crippen molar-refractivity contribution in [2.24, 2.45) is 7.05 Å². The molecule has 1 fully saturated rings. The lowest BCUT2D eigenvalue weighted by Crippen LogP contribution is -2.36. The first kappa shape index (κ1) is 12.8. The molecule has 1 N–H and O–H groups in total. The molecule has 104 valence electrons. The number of ether oxygens (including phenoxy) is 1. The second kappa shape index (κ2) is 5.45. The molecule has 2 aromatic heterocycles. The van der Waals surface area contributed by atoms with E-state index >= 15 is 0 Å². The van der Waals surface area contributed by atoms with Gasteiger partial charge in [-0.2, -0.15) is 5.26 Å². The van der Waals surface area contributed by atoms with E-state index < -0.39 is 0 Å². The molecule has 7 heteroatoms. The molecule has 0 aromatic carbocycles. The fourth-order valence-corrected chi connectivity index (χ4v) is 2.48. The van der Waals surface area contributed by atoms with Gasteiger partial charge < -0.3 is 14.6 Å². The Balaban J connectivity index is 1.64. The molecule has 1 aliphatic rings. The number of nitrogens with zero attached hydrogens (tertiary/aromatic N) is 5. The number of rotatable bonds is 4. The molecule has 7 nitrogen and oxygen atoms in total. The van der Waals surface area contributed by atoms with Crippen LogP contribution in [0.5, 0.6) is 0 Å². The standard InChI is InChI=1S/C13H16N6O/c1-18-7-10(4-11(18)5-14)6-15-12-8-20-9-13(12)19-3-2-16-17-19/h2-4,7,12-13,15H,6,8-9H2,1H3/t12-,13+/m0/s1. The third-order valence-corrected chi connectivity index (χ3v) is 3.58. The Morgan fingerprint density at radius 2 is 2.45 bits per heavy atom. The van der Waals surface area contributed by atoms with Crippen molar-refractivity contribution in [3.05, 3.63) is 35.9 Å². The van der Waals surface area contributed by atoms with Gasteiger partial charge in [-0.3, -0.25) is 0 Å². The summed E-state index contributed by atoms with van der Waals surface area (Å²) in [4.78, 5) is 0. The van der Waals surface area contributed by atoms with Gasteiger partial charge in [-0.05, 0) is 11.6 Å². The number of nitrogens with one attached hydrogen (secondary N) is 1. The zero-order chi connectivity index (χ0) is 13.9. The maximum absolute atomic E-state index is 8.95. The van der Waals surface area contributed by atoms with Crippen molar-refractivity contribution in [3.8, 4) is 6.07 Å². The molecule has 0 aliphatic carbocycles. The molecule has 3 heterocycles. The quantitative estimate of drug-likeness (QED) is 0.861. The van der Waals surface area contributed by atoms with Crippen LogP contribution in [-0.2, 0) is 18.3 Å². The number of hydrogen-bond acceptors (Lipinski definition) is 5. The molecule has 0 amide bonds. The monoisotopic (exact) mass is 272 g/mol. The van der Waals surface area contributed by atoms with Crippen LogP contribution in [0.25, 0.3) is 0 Å². The maximum atomic E-state index is 8.95. The second-order valence-corrected chi connectivity index (χ2v) is 4.93. The Hall–Kier alpha value is -2.17. The molecule has 2 atom stereocenters. The fourth-order valence-electron chi connectivity index (χ4n) is 2.48. The average molecular weight is 272 g/mol. The van der Waals surface area contributed by atoms with E-state index in [-0.39, 0.29) is 12.1 Å². The molecule has 0 radical (unpaired) electrons. The maximum Gasteiger partial charge on any atom is 0.120 e. The smallest absolute Gasteiger partial charge is 0.120 e. The van der Waals surface area contributed by atoms with Crippen LogP contribution in [0.3, 0.4) is 0 Å². The van der Waals surface area contributed by atoms with E-state index in [9.17, 15) is 0 Å². The summed E-state index contributed by atoms with van der Waals surface area (Å²) < 4.78 is 9.18. The van der Waals surface area contributed by atoms with Gasteiger partial charge in [0.25, 0.3) is 0 Å². The SMILES string of the molecule is Cn1cc(CN[C@H]2COC[C@H]2n2ccnn2)cc1C#N. The molecule has 1 aliphatic heterocycles. The lowest BCUT2D eigenvalue weighted by Gasteiger charge is -2.18. The Morgan fingerprint density at radius 3 is 3.15 bits per heavy atom. The first-order valence-corrected chi connectivity index (χ1v) is 6.50. The van der Waals surface area contributed by atoms with Crippen LogP contribution in [0.4, 0.5) is 0 Å². The highest BCUT2D eigenvalue weighted by molar-refractivity contribution is 5.28. The summed E-state index contributed by atoms with van der Waals surface area (Å²) >= 11 is 0. The van der Waals surface area contributed by atoms with E-state index in [0.29, 0.717) is 25.5 Å². The first-order chi connectivity index (χ1) is 9.78. The minimum atomic E-state index is 0.164. The van der Waals surface area contributed by atoms with Crippen LogP contribution < -0.4 is 5.32 Å². The third kappa shape index (κ3) is 2.43. The van der Waals surface area contributed by atoms with Crippen LogP contribution in [0.2, 0.25) is 0 Å². The van der Waals surface area contributed by atoms with E-state index in [0.717, 1.165) is 5.56 Å². The number of aryl methyl sites for hydroxylation is 1. The molecular weight excluding hydrogens is 256 g/mol. The predicted octanol–water partition coefficient (Wildman–Crippen LogP) is 0.218. The van der Waals surface area contributed by atoms with Crippen molar-refractivity contribution < 1.29 is 4.74 Å². The Morgan fingerprint density at radius 1 is 1.55 bits per heavy atom. The highest BCUT2D eigenvalue weighted by Gasteiger charge is 2.29.